The summed E-state index contributed by atoms with van der Waals surface area (Å²) in [5.74, 6) is 7.15. The van der Waals surface area contributed by atoms with E-state index in [-0.39, 0.29) is 11.5 Å². The van der Waals surface area contributed by atoms with E-state index in [4.69, 9.17) is 15.6 Å². The van der Waals surface area contributed by atoms with E-state index in [1.807, 2.05) is 6.92 Å². The molecule has 0 aliphatic heterocycles. The third-order valence-corrected chi connectivity index (χ3v) is 3.69. The molecule has 0 radical (unpaired) electrons. The van der Waals surface area contributed by atoms with Gasteiger partial charge in [0.2, 0.25) is 0 Å². The first-order chi connectivity index (χ1) is 9.47. The predicted molar refractivity (Wildman–Crippen MR) is 80.3 cm³/mol. The van der Waals surface area contributed by atoms with Crippen molar-refractivity contribution >= 4 is 5.82 Å². The molecule has 0 fully saturated rings. The number of nitrogen functional groups attached to an aromatic ring is 1. The Kier molecular flexibility index (Phi) is 4.60. The van der Waals surface area contributed by atoms with E-state index in [1.165, 1.54) is 18.4 Å². The topological polar surface area (TPSA) is 73.1 Å². The molecule has 1 aliphatic carbocycles. The van der Waals surface area contributed by atoms with Gasteiger partial charge in [-0.25, -0.2) is 15.8 Å². The van der Waals surface area contributed by atoms with Crippen LogP contribution in [0.25, 0.3) is 0 Å². The summed E-state index contributed by atoms with van der Waals surface area (Å²) < 4.78 is 5.89. The Morgan fingerprint density at radius 3 is 2.55 bits per heavy atom. The summed E-state index contributed by atoms with van der Waals surface area (Å²) >= 11 is 0. The number of nitrogens with one attached hydrogen (secondary N) is 1. The highest BCUT2D eigenvalue weighted by Crippen LogP contribution is 2.36. The van der Waals surface area contributed by atoms with Gasteiger partial charge in [0.1, 0.15) is 11.9 Å². The van der Waals surface area contributed by atoms with Gasteiger partial charge < -0.3 is 10.2 Å². The fourth-order valence-corrected chi connectivity index (χ4v) is 2.73. The molecule has 1 aromatic rings. The number of aromatic nitrogens is 2. The van der Waals surface area contributed by atoms with E-state index in [2.05, 4.69) is 31.2 Å². The molecule has 1 unspecified atom stereocenters. The Labute approximate surface area is 121 Å². The van der Waals surface area contributed by atoms with Gasteiger partial charge in [0, 0.05) is 17.9 Å². The van der Waals surface area contributed by atoms with Crippen molar-refractivity contribution in [2.75, 3.05) is 12.0 Å². The van der Waals surface area contributed by atoms with Crippen LogP contribution in [0.5, 0.6) is 0 Å². The number of hydrazine groups is 1. The lowest BCUT2D eigenvalue weighted by Gasteiger charge is -2.30. The normalized spacial score (nSPS) is 16.6. The monoisotopic (exact) mass is 278 g/mol. The Hall–Kier alpha value is -1.20. The molecule has 1 atom stereocenters. The number of ether oxygens (including phenoxy) is 1. The van der Waals surface area contributed by atoms with Crippen LogP contribution in [0.1, 0.15) is 63.7 Å². The lowest BCUT2D eigenvalue weighted by Crippen LogP contribution is -2.26. The molecular formula is C15H26N4O. The first-order valence-electron chi connectivity index (χ1n) is 7.45. The van der Waals surface area contributed by atoms with Crippen molar-refractivity contribution in [3.63, 3.8) is 0 Å². The molecule has 20 heavy (non-hydrogen) atoms. The number of hydrogen-bond acceptors (Lipinski definition) is 5. The second kappa shape index (κ2) is 6.06. The number of rotatable bonds is 4. The third-order valence-electron chi connectivity index (χ3n) is 3.69. The van der Waals surface area contributed by atoms with Crippen molar-refractivity contribution in [1.29, 1.82) is 0 Å². The second-order valence-electron chi connectivity index (χ2n) is 6.41. The van der Waals surface area contributed by atoms with Crippen molar-refractivity contribution in [3.05, 3.63) is 17.1 Å². The van der Waals surface area contributed by atoms with Gasteiger partial charge >= 0.3 is 0 Å². The van der Waals surface area contributed by atoms with E-state index in [1.54, 1.807) is 0 Å². The number of aryl methyl sites for hydroxylation is 1. The van der Waals surface area contributed by atoms with E-state index in [9.17, 15) is 0 Å². The van der Waals surface area contributed by atoms with Crippen LogP contribution in [0.2, 0.25) is 0 Å². The molecule has 0 amide bonds. The quantitative estimate of drug-likeness (QED) is 0.654. The SMILES string of the molecule is CCOC(c1nc2c(c(NN)n1)CCCC2)C(C)(C)C. The van der Waals surface area contributed by atoms with E-state index in [0.29, 0.717) is 6.61 Å². The summed E-state index contributed by atoms with van der Waals surface area (Å²) in [5, 5.41) is 0. The summed E-state index contributed by atoms with van der Waals surface area (Å²) in [4.78, 5) is 9.39. The molecule has 0 spiro atoms. The van der Waals surface area contributed by atoms with E-state index < -0.39 is 0 Å². The average molecular weight is 278 g/mol. The number of anilines is 1. The summed E-state index contributed by atoms with van der Waals surface area (Å²) in [6.45, 7) is 9.08. The molecular weight excluding hydrogens is 252 g/mol. The smallest absolute Gasteiger partial charge is 0.160 e. The largest absolute Gasteiger partial charge is 0.370 e. The zero-order chi connectivity index (χ0) is 14.8. The van der Waals surface area contributed by atoms with Crippen molar-refractivity contribution in [2.24, 2.45) is 11.3 Å². The lowest BCUT2D eigenvalue weighted by atomic mass is 9.88. The average Bonchev–Trinajstić information content (AvgIpc) is 2.42. The lowest BCUT2D eigenvalue weighted by molar-refractivity contribution is -0.0192. The van der Waals surface area contributed by atoms with Crippen molar-refractivity contribution < 1.29 is 4.74 Å². The molecule has 1 aliphatic rings. The van der Waals surface area contributed by atoms with Crippen LogP contribution in [0.3, 0.4) is 0 Å². The highest BCUT2D eigenvalue weighted by atomic mass is 16.5. The van der Waals surface area contributed by atoms with Crippen LogP contribution in [-0.4, -0.2) is 16.6 Å². The van der Waals surface area contributed by atoms with Crippen LogP contribution in [0, 0.1) is 5.41 Å². The molecule has 0 saturated heterocycles. The standard InChI is InChI=1S/C15H26N4O/c1-5-20-12(15(2,3)4)14-17-11-9-7-6-8-10(11)13(18-14)19-16/h12H,5-9,16H2,1-4H3,(H,17,18,19). The van der Waals surface area contributed by atoms with Gasteiger partial charge in [-0.15, -0.1) is 0 Å². The van der Waals surface area contributed by atoms with Crippen LogP contribution in [-0.2, 0) is 17.6 Å². The number of nitrogens with zero attached hydrogens (tertiary/aromatic N) is 2. The minimum absolute atomic E-state index is 0.0508. The number of fused-ring (bicyclic) bond motifs is 1. The van der Waals surface area contributed by atoms with Gasteiger partial charge in [0.15, 0.2) is 5.82 Å². The molecule has 1 heterocycles. The molecule has 3 N–H and O–H groups in total. The van der Waals surface area contributed by atoms with Crippen LogP contribution >= 0.6 is 0 Å². The Morgan fingerprint density at radius 1 is 1.25 bits per heavy atom. The van der Waals surface area contributed by atoms with E-state index in [0.717, 1.165) is 30.2 Å². The third kappa shape index (κ3) is 3.10. The molecule has 5 heteroatoms. The van der Waals surface area contributed by atoms with Crippen LogP contribution < -0.4 is 11.3 Å². The predicted octanol–water partition coefficient (Wildman–Crippen LogP) is 2.76. The molecule has 0 bridgehead atoms. The highest BCUT2D eigenvalue weighted by Gasteiger charge is 2.31. The van der Waals surface area contributed by atoms with Crippen molar-refractivity contribution in [3.8, 4) is 0 Å². The van der Waals surface area contributed by atoms with Gasteiger partial charge in [-0.05, 0) is 38.0 Å². The molecule has 0 saturated carbocycles. The Morgan fingerprint density at radius 2 is 1.95 bits per heavy atom. The van der Waals surface area contributed by atoms with Gasteiger partial charge in [0.05, 0.1) is 0 Å². The molecule has 1 aromatic heterocycles. The maximum absolute atomic E-state index is 5.89. The van der Waals surface area contributed by atoms with Crippen molar-refractivity contribution in [2.45, 2.75) is 59.5 Å². The summed E-state index contributed by atoms with van der Waals surface area (Å²) in [6.07, 6.45) is 4.25. The van der Waals surface area contributed by atoms with Gasteiger partial charge in [-0.2, -0.15) is 0 Å². The molecule has 2 rings (SSSR count). The van der Waals surface area contributed by atoms with Gasteiger partial charge in [0.25, 0.3) is 0 Å². The fraction of sp³-hybridized carbons (Fsp3) is 0.733. The zero-order valence-corrected chi connectivity index (χ0v) is 13.0. The van der Waals surface area contributed by atoms with Gasteiger partial charge in [-0.3, -0.25) is 0 Å². The zero-order valence-electron chi connectivity index (χ0n) is 13.0. The minimum Gasteiger partial charge on any atom is -0.370 e. The fourth-order valence-electron chi connectivity index (χ4n) is 2.73. The number of hydrogen-bond donors (Lipinski definition) is 2. The Balaban J connectivity index is 2.45. The maximum atomic E-state index is 5.89. The molecule has 0 aromatic carbocycles. The summed E-state index contributed by atoms with van der Waals surface area (Å²) in [5.41, 5.74) is 4.99. The Bertz CT molecular complexity index is 450. The minimum atomic E-state index is -0.119. The number of nitrogens with two attached hydrogens (primary N) is 1. The van der Waals surface area contributed by atoms with Gasteiger partial charge in [-0.1, -0.05) is 20.8 Å². The molecule has 5 nitrogen and oxygen atoms in total. The van der Waals surface area contributed by atoms with Crippen LogP contribution in [0.4, 0.5) is 5.82 Å². The summed E-state index contributed by atoms with van der Waals surface area (Å²) in [6, 6.07) is 0. The molecule has 112 valence electrons. The van der Waals surface area contributed by atoms with Crippen molar-refractivity contribution in [1.82, 2.24) is 9.97 Å². The second-order valence-corrected chi connectivity index (χ2v) is 6.41. The first kappa shape index (κ1) is 15.2. The maximum Gasteiger partial charge on any atom is 0.160 e. The van der Waals surface area contributed by atoms with E-state index >= 15 is 0 Å². The van der Waals surface area contributed by atoms with Crippen LogP contribution in [0.15, 0.2) is 0 Å². The highest BCUT2D eigenvalue weighted by molar-refractivity contribution is 5.47. The first-order valence-corrected chi connectivity index (χ1v) is 7.45. The summed E-state index contributed by atoms with van der Waals surface area (Å²) in [7, 11) is 0.